The molecule has 23 heavy (non-hydrogen) atoms. The Hall–Kier alpha value is -1.46. The highest BCUT2D eigenvalue weighted by molar-refractivity contribution is 8.01. The molecule has 0 aliphatic heterocycles. The van der Waals surface area contributed by atoms with Gasteiger partial charge in [0.25, 0.3) is 0 Å². The van der Waals surface area contributed by atoms with Crippen LogP contribution in [0.15, 0.2) is 27.9 Å². The van der Waals surface area contributed by atoms with Gasteiger partial charge in [-0.05, 0) is 25.1 Å². The Kier molecular flexibility index (Phi) is 4.97. The number of hydrogen-bond donors (Lipinski definition) is 0. The summed E-state index contributed by atoms with van der Waals surface area (Å²) in [7, 11) is 0. The molecule has 0 aliphatic rings. The zero-order chi connectivity index (χ0) is 16.4. The van der Waals surface area contributed by atoms with E-state index in [0.29, 0.717) is 10.0 Å². The maximum atomic E-state index is 12.3. The number of thioether (sulfide) groups is 1. The van der Waals surface area contributed by atoms with Crippen molar-refractivity contribution in [3.8, 4) is 6.07 Å². The van der Waals surface area contributed by atoms with Gasteiger partial charge in [0.15, 0.2) is 16.0 Å². The van der Waals surface area contributed by atoms with Crippen molar-refractivity contribution >= 4 is 62.0 Å². The van der Waals surface area contributed by atoms with Crippen molar-refractivity contribution in [2.24, 2.45) is 0 Å². The Bertz CT molecular complexity index is 912. The number of aryl methyl sites for hydroxylation is 1. The molecule has 0 amide bonds. The first-order valence-corrected chi connectivity index (χ1v) is 9.66. The second-order valence-corrected chi connectivity index (χ2v) is 8.32. The summed E-state index contributed by atoms with van der Waals surface area (Å²) in [4.78, 5) is 21.0. The van der Waals surface area contributed by atoms with E-state index in [9.17, 15) is 10.1 Å². The molecule has 0 spiro atoms. The van der Waals surface area contributed by atoms with Gasteiger partial charge in [0.1, 0.15) is 5.01 Å². The van der Waals surface area contributed by atoms with E-state index in [0.717, 1.165) is 20.3 Å². The van der Waals surface area contributed by atoms with Gasteiger partial charge >= 0.3 is 0 Å². The average Bonchev–Trinajstić information content (AvgIpc) is 3.11. The maximum absolute atomic E-state index is 12.3. The van der Waals surface area contributed by atoms with Crippen molar-refractivity contribution < 1.29 is 4.79 Å². The number of aromatic nitrogens is 2. The Morgan fingerprint density at radius 2 is 2.30 bits per heavy atom. The van der Waals surface area contributed by atoms with Crippen LogP contribution in [0, 0.1) is 18.3 Å². The topological polar surface area (TPSA) is 66.6 Å². The van der Waals surface area contributed by atoms with Crippen LogP contribution in [-0.4, -0.2) is 21.5 Å². The third-order valence-electron chi connectivity index (χ3n) is 3.00. The first kappa shape index (κ1) is 16.4. The minimum absolute atomic E-state index is 0.149. The molecule has 8 heteroatoms. The minimum atomic E-state index is -0.801. The number of rotatable bonds is 5. The van der Waals surface area contributed by atoms with Crippen LogP contribution in [0.2, 0.25) is 5.02 Å². The molecule has 0 aliphatic carbocycles. The number of nitrogens with zero attached hydrogens (tertiary/aromatic N) is 3. The maximum Gasteiger partial charge on any atom is 0.167 e. The Morgan fingerprint density at radius 3 is 3.00 bits per heavy atom. The zero-order valence-corrected chi connectivity index (χ0v) is 15.2. The smallest absolute Gasteiger partial charge is 0.167 e. The molecule has 4 nitrogen and oxygen atoms in total. The third kappa shape index (κ3) is 3.72. The number of carbonyl (C=O) groups is 1. The number of ketones is 1. The number of Topliss-reactive ketones (excluding diaryl/α,β-unsaturated/α-hetero) is 1. The number of carbonyl (C=O) groups excluding carboxylic acids is 1. The molecule has 3 aromatic rings. The molecule has 116 valence electrons. The molecule has 0 fully saturated rings. The highest BCUT2D eigenvalue weighted by atomic mass is 35.5. The number of fused-ring (bicyclic) bond motifs is 1. The third-order valence-corrected chi connectivity index (χ3v) is 6.47. The molecule has 3 rings (SSSR count). The highest BCUT2D eigenvalue weighted by Crippen LogP contribution is 2.32. The van der Waals surface area contributed by atoms with Gasteiger partial charge in [-0.1, -0.05) is 23.4 Å². The Balaban J connectivity index is 1.71. The van der Waals surface area contributed by atoms with Crippen LogP contribution >= 0.6 is 46.0 Å². The normalized spacial score (nSPS) is 12.2. The molecule has 0 N–H and O–H groups in total. The summed E-state index contributed by atoms with van der Waals surface area (Å²) in [5.74, 6) is -0.751. The van der Waals surface area contributed by atoms with E-state index >= 15 is 0 Å². The van der Waals surface area contributed by atoms with Gasteiger partial charge in [-0.2, -0.15) is 5.26 Å². The summed E-state index contributed by atoms with van der Waals surface area (Å²) < 4.78 is 1.82. The standard InChI is InChI=1S/C15H10ClN3OS3/c1-8-6-21-14(18-8)10(5-17)12(20)7-22-15-19-11-4-9(16)2-3-13(11)23-15/h2-4,6,10H,7H2,1H3. The van der Waals surface area contributed by atoms with E-state index in [1.807, 2.05) is 24.4 Å². The lowest BCUT2D eigenvalue weighted by atomic mass is 10.1. The van der Waals surface area contributed by atoms with Gasteiger partial charge in [0.2, 0.25) is 0 Å². The molecule has 2 aromatic heterocycles. The van der Waals surface area contributed by atoms with Crippen molar-refractivity contribution in [2.45, 2.75) is 17.2 Å². The molecule has 1 aromatic carbocycles. The van der Waals surface area contributed by atoms with E-state index in [4.69, 9.17) is 11.6 Å². The molecule has 0 radical (unpaired) electrons. The van der Waals surface area contributed by atoms with Gasteiger partial charge in [0.05, 0.1) is 22.0 Å². The van der Waals surface area contributed by atoms with Crippen LogP contribution in [0.3, 0.4) is 0 Å². The van der Waals surface area contributed by atoms with Crippen molar-refractivity contribution in [3.63, 3.8) is 0 Å². The van der Waals surface area contributed by atoms with Crippen LogP contribution in [0.25, 0.3) is 10.2 Å². The summed E-state index contributed by atoms with van der Waals surface area (Å²) in [6.45, 7) is 1.85. The molecular formula is C15H10ClN3OS3. The van der Waals surface area contributed by atoms with Gasteiger partial charge in [-0.3, -0.25) is 4.79 Å². The first-order valence-electron chi connectivity index (χ1n) is 6.60. The van der Waals surface area contributed by atoms with E-state index in [1.54, 1.807) is 6.07 Å². The summed E-state index contributed by atoms with van der Waals surface area (Å²) >= 11 is 10.2. The second-order valence-electron chi connectivity index (χ2n) is 4.74. The van der Waals surface area contributed by atoms with Crippen molar-refractivity contribution in [3.05, 3.63) is 39.3 Å². The predicted octanol–water partition coefficient (Wildman–Crippen LogP) is 4.68. The fourth-order valence-corrected chi connectivity index (χ4v) is 4.91. The Labute approximate surface area is 150 Å². The van der Waals surface area contributed by atoms with Gasteiger partial charge in [-0.25, -0.2) is 9.97 Å². The van der Waals surface area contributed by atoms with Crippen molar-refractivity contribution in [2.75, 3.05) is 5.75 Å². The van der Waals surface area contributed by atoms with Gasteiger partial charge < -0.3 is 0 Å². The number of halogens is 1. The summed E-state index contributed by atoms with van der Waals surface area (Å²) in [5.41, 5.74) is 1.65. The molecule has 2 heterocycles. The van der Waals surface area contributed by atoms with Crippen LogP contribution in [0.4, 0.5) is 0 Å². The summed E-state index contributed by atoms with van der Waals surface area (Å²) in [6, 6.07) is 7.59. The first-order chi connectivity index (χ1) is 11.1. The lowest BCUT2D eigenvalue weighted by molar-refractivity contribution is -0.116. The zero-order valence-electron chi connectivity index (χ0n) is 11.9. The quantitative estimate of drug-likeness (QED) is 0.602. The molecule has 1 atom stereocenters. The van der Waals surface area contributed by atoms with E-state index in [-0.39, 0.29) is 11.5 Å². The summed E-state index contributed by atoms with van der Waals surface area (Å²) in [6.07, 6.45) is 0. The van der Waals surface area contributed by atoms with E-state index < -0.39 is 5.92 Å². The van der Waals surface area contributed by atoms with Gasteiger partial charge in [0, 0.05) is 16.1 Å². The predicted molar refractivity (Wildman–Crippen MR) is 95.6 cm³/mol. The monoisotopic (exact) mass is 379 g/mol. The van der Waals surface area contributed by atoms with Crippen LogP contribution < -0.4 is 0 Å². The molecule has 1 unspecified atom stereocenters. The fourth-order valence-electron chi connectivity index (χ4n) is 1.93. The number of benzene rings is 1. The largest absolute Gasteiger partial charge is 0.297 e. The molecule has 0 saturated heterocycles. The lowest BCUT2D eigenvalue weighted by Crippen LogP contribution is -2.13. The highest BCUT2D eigenvalue weighted by Gasteiger charge is 2.23. The van der Waals surface area contributed by atoms with Crippen molar-refractivity contribution in [1.29, 1.82) is 5.26 Å². The molecular weight excluding hydrogens is 370 g/mol. The van der Waals surface area contributed by atoms with Crippen molar-refractivity contribution in [1.82, 2.24) is 9.97 Å². The van der Waals surface area contributed by atoms with Crippen LogP contribution in [0.5, 0.6) is 0 Å². The molecule has 0 bridgehead atoms. The Morgan fingerprint density at radius 1 is 1.48 bits per heavy atom. The van der Waals surface area contributed by atoms with Gasteiger partial charge in [-0.15, -0.1) is 22.7 Å². The second kappa shape index (κ2) is 6.97. The van der Waals surface area contributed by atoms with Crippen LogP contribution in [-0.2, 0) is 4.79 Å². The lowest BCUT2D eigenvalue weighted by Gasteiger charge is -2.03. The number of hydrogen-bond acceptors (Lipinski definition) is 7. The van der Waals surface area contributed by atoms with E-state index in [1.165, 1.54) is 34.4 Å². The average molecular weight is 380 g/mol. The van der Waals surface area contributed by atoms with Crippen LogP contribution in [0.1, 0.15) is 16.6 Å². The fraction of sp³-hybridized carbons (Fsp3) is 0.200. The molecule has 0 saturated carbocycles. The SMILES string of the molecule is Cc1csc(C(C#N)C(=O)CSc2nc3cc(Cl)ccc3s2)n1. The van der Waals surface area contributed by atoms with E-state index in [2.05, 4.69) is 16.0 Å². The number of nitriles is 1. The summed E-state index contributed by atoms with van der Waals surface area (Å²) in [5, 5.41) is 12.3. The number of thiazole rings is 2. The minimum Gasteiger partial charge on any atom is -0.297 e.